The first-order chi connectivity index (χ1) is 9.54. The summed E-state index contributed by atoms with van der Waals surface area (Å²) in [6.07, 6.45) is 6.60. The van der Waals surface area contributed by atoms with Crippen molar-refractivity contribution in [2.24, 2.45) is 5.73 Å². The van der Waals surface area contributed by atoms with Crippen LogP contribution < -0.4 is 11.1 Å². The normalized spacial score (nSPS) is 12.2. The number of benzene rings is 1. The minimum Gasteiger partial charge on any atom is -0.374 e. The van der Waals surface area contributed by atoms with Crippen LogP contribution in [0.25, 0.3) is 0 Å². The largest absolute Gasteiger partial charge is 0.374 e. The van der Waals surface area contributed by atoms with Crippen molar-refractivity contribution in [3.8, 4) is 0 Å². The second kappa shape index (κ2) is 9.24. The monoisotopic (exact) mass is 360 g/mol. The third-order valence-corrected chi connectivity index (χ3v) is 4.41. The van der Waals surface area contributed by atoms with Gasteiger partial charge in [-0.05, 0) is 40.5 Å². The van der Waals surface area contributed by atoms with Crippen molar-refractivity contribution >= 4 is 39.1 Å². The van der Waals surface area contributed by atoms with E-state index in [-0.39, 0.29) is 11.9 Å². The van der Waals surface area contributed by atoms with Gasteiger partial charge in [-0.2, -0.15) is 0 Å². The van der Waals surface area contributed by atoms with Crippen LogP contribution in [0.5, 0.6) is 0 Å². The van der Waals surface area contributed by atoms with E-state index in [1.807, 2.05) is 12.1 Å². The molecule has 0 aliphatic carbocycles. The van der Waals surface area contributed by atoms with Gasteiger partial charge in [-0.25, -0.2) is 0 Å². The lowest BCUT2D eigenvalue weighted by molar-refractivity contribution is -0.118. The Morgan fingerprint density at radius 2 is 2.05 bits per heavy atom. The Bertz CT molecular complexity index is 440. The van der Waals surface area contributed by atoms with Crippen LogP contribution in [0.4, 0.5) is 5.69 Å². The molecule has 112 valence electrons. The molecule has 1 amide bonds. The van der Waals surface area contributed by atoms with Crippen molar-refractivity contribution in [2.45, 2.75) is 51.5 Å². The Hall–Kier alpha value is -0.740. The lowest BCUT2D eigenvalue weighted by Gasteiger charge is -2.17. The summed E-state index contributed by atoms with van der Waals surface area (Å²) in [7, 11) is 0. The molecule has 1 rings (SSSR count). The van der Waals surface area contributed by atoms with Crippen molar-refractivity contribution < 1.29 is 4.79 Å². The second-order valence-electron chi connectivity index (χ2n) is 4.93. The molecule has 0 saturated carbocycles. The molecule has 0 saturated heterocycles. The fourth-order valence-corrected chi connectivity index (χ4v) is 2.52. The van der Waals surface area contributed by atoms with E-state index in [2.05, 4.69) is 28.2 Å². The van der Waals surface area contributed by atoms with Crippen LogP contribution in [0, 0.1) is 0 Å². The van der Waals surface area contributed by atoms with E-state index in [1.165, 1.54) is 19.3 Å². The average Bonchev–Trinajstić information content (AvgIpc) is 2.41. The number of unbranched alkanes of at least 4 members (excludes halogenated alkanes) is 4. The summed E-state index contributed by atoms with van der Waals surface area (Å²) in [5, 5.41) is 3.82. The SMILES string of the molecule is CCCCCCCC(Nc1ccc(Cl)c(Br)c1)C(N)=O. The second-order valence-corrected chi connectivity index (χ2v) is 6.19. The summed E-state index contributed by atoms with van der Waals surface area (Å²) in [5.41, 5.74) is 6.30. The maximum Gasteiger partial charge on any atom is 0.239 e. The fourth-order valence-electron chi connectivity index (χ4n) is 2.02. The molecule has 5 heteroatoms. The number of hydrogen-bond donors (Lipinski definition) is 2. The minimum atomic E-state index is -0.329. The van der Waals surface area contributed by atoms with Gasteiger partial charge in [0, 0.05) is 10.2 Å². The van der Waals surface area contributed by atoms with Gasteiger partial charge in [0.25, 0.3) is 0 Å². The van der Waals surface area contributed by atoms with Gasteiger partial charge in [0.15, 0.2) is 0 Å². The van der Waals surface area contributed by atoms with Crippen molar-refractivity contribution in [1.82, 2.24) is 0 Å². The highest BCUT2D eigenvalue weighted by Crippen LogP contribution is 2.26. The molecule has 1 aromatic carbocycles. The number of rotatable bonds is 9. The number of anilines is 1. The molecule has 0 bridgehead atoms. The molecule has 1 unspecified atom stereocenters. The molecule has 0 aromatic heterocycles. The summed E-state index contributed by atoms with van der Waals surface area (Å²) in [6.45, 7) is 2.19. The van der Waals surface area contributed by atoms with E-state index in [0.717, 1.165) is 29.4 Å². The third-order valence-electron chi connectivity index (χ3n) is 3.20. The van der Waals surface area contributed by atoms with Gasteiger partial charge >= 0.3 is 0 Å². The molecule has 0 fully saturated rings. The Morgan fingerprint density at radius 1 is 1.35 bits per heavy atom. The summed E-state index contributed by atoms with van der Waals surface area (Å²) >= 11 is 9.31. The van der Waals surface area contributed by atoms with Gasteiger partial charge in [0.2, 0.25) is 5.91 Å². The van der Waals surface area contributed by atoms with Crippen LogP contribution in [0.15, 0.2) is 22.7 Å². The Balaban J connectivity index is 2.49. The summed E-state index contributed by atoms with van der Waals surface area (Å²) in [5.74, 6) is -0.313. The quantitative estimate of drug-likeness (QED) is 0.625. The van der Waals surface area contributed by atoms with Crippen LogP contribution in [0.3, 0.4) is 0 Å². The fraction of sp³-hybridized carbons (Fsp3) is 0.533. The molecular formula is C15H22BrClN2O. The van der Waals surface area contributed by atoms with Gasteiger partial charge < -0.3 is 11.1 Å². The maximum atomic E-state index is 11.5. The maximum absolute atomic E-state index is 11.5. The highest BCUT2D eigenvalue weighted by atomic mass is 79.9. The molecule has 0 spiro atoms. The third kappa shape index (κ3) is 6.14. The molecule has 20 heavy (non-hydrogen) atoms. The first-order valence-corrected chi connectivity index (χ1v) is 8.22. The molecule has 1 aromatic rings. The molecule has 0 aliphatic heterocycles. The highest BCUT2D eigenvalue weighted by Gasteiger charge is 2.14. The Kier molecular flexibility index (Phi) is 8.00. The van der Waals surface area contributed by atoms with Crippen molar-refractivity contribution in [2.75, 3.05) is 5.32 Å². The summed E-state index contributed by atoms with van der Waals surface area (Å²) < 4.78 is 0.801. The zero-order chi connectivity index (χ0) is 15.0. The topological polar surface area (TPSA) is 55.1 Å². The minimum absolute atomic E-state index is 0.313. The number of nitrogens with one attached hydrogen (secondary N) is 1. The van der Waals surface area contributed by atoms with Gasteiger partial charge in [0.05, 0.1) is 5.02 Å². The van der Waals surface area contributed by atoms with Crippen LogP contribution >= 0.6 is 27.5 Å². The Labute approximate surface area is 134 Å². The average molecular weight is 362 g/mol. The standard InChI is InChI=1S/C15H22BrClN2O/c1-2-3-4-5-6-7-14(15(18)20)19-11-8-9-13(17)12(16)10-11/h8-10,14,19H,2-7H2,1H3,(H2,18,20). The number of carbonyl (C=O) groups excluding carboxylic acids is 1. The first kappa shape index (κ1) is 17.3. The highest BCUT2D eigenvalue weighted by molar-refractivity contribution is 9.10. The summed E-state index contributed by atoms with van der Waals surface area (Å²) in [4.78, 5) is 11.5. The number of nitrogens with two attached hydrogens (primary N) is 1. The van der Waals surface area contributed by atoms with Gasteiger partial charge in [0.1, 0.15) is 6.04 Å². The van der Waals surface area contributed by atoms with Crippen LogP contribution in [0.1, 0.15) is 45.4 Å². The predicted octanol–water partition coefficient (Wildman–Crippen LogP) is 4.73. The molecule has 3 N–H and O–H groups in total. The van der Waals surface area contributed by atoms with Crippen molar-refractivity contribution in [3.05, 3.63) is 27.7 Å². The van der Waals surface area contributed by atoms with Crippen LogP contribution in [-0.4, -0.2) is 11.9 Å². The van der Waals surface area contributed by atoms with Crippen LogP contribution in [-0.2, 0) is 4.79 Å². The molecule has 0 heterocycles. The lowest BCUT2D eigenvalue weighted by Crippen LogP contribution is -2.35. The van der Waals surface area contributed by atoms with E-state index in [1.54, 1.807) is 6.07 Å². The number of halogens is 2. The molecule has 0 aliphatic rings. The number of carbonyl (C=O) groups is 1. The Morgan fingerprint density at radius 3 is 2.65 bits per heavy atom. The predicted molar refractivity (Wildman–Crippen MR) is 89.1 cm³/mol. The van der Waals surface area contributed by atoms with E-state index in [0.29, 0.717) is 5.02 Å². The first-order valence-electron chi connectivity index (χ1n) is 7.05. The molecular weight excluding hydrogens is 340 g/mol. The smallest absolute Gasteiger partial charge is 0.239 e. The molecule has 0 radical (unpaired) electrons. The number of primary amides is 1. The van der Waals surface area contributed by atoms with Crippen molar-refractivity contribution in [1.29, 1.82) is 0 Å². The van der Waals surface area contributed by atoms with Gasteiger partial charge in [-0.3, -0.25) is 4.79 Å². The van der Waals surface area contributed by atoms with E-state index >= 15 is 0 Å². The van der Waals surface area contributed by atoms with Gasteiger partial charge in [-0.1, -0.05) is 50.6 Å². The number of hydrogen-bond acceptors (Lipinski definition) is 2. The van der Waals surface area contributed by atoms with Crippen molar-refractivity contribution in [3.63, 3.8) is 0 Å². The summed E-state index contributed by atoms with van der Waals surface area (Å²) in [6, 6.07) is 5.16. The van der Waals surface area contributed by atoms with E-state index < -0.39 is 0 Å². The van der Waals surface area contributed by atoms with E-state index in [4.69, 9.17) is 17.3 Å². The molecule has 3 nitrogen and oxygen atoms in total. The molecule has 1 atom stereocenters. The lowest BCUT2D eigenvalue weighted by atomic mass is 10.1. The number of amides is 1. The van der Waals surface area contributed by atoms with Crippen LogP contribution in [0.2, 0.25) is 5.02 Å². The zero-order valence-corrected chi connectivity index (χ0v) is 14.1. The van der Waals surface area contributed by atoms with E-state index in [9.17, 15) is 4.79 Å². The van der Waals surface area contributed by atoms with Gasteiger partial charge in [-0.15, -0.1) is 0 Å². The zero-order valence-electron chi connectivity index (χ0n) is 11.8.